The van der Waals surface area contributed by atoms with Crippen LogP contribution in [0.2, 0.25) is 10.0 Å². The number of benzene rings is 3. The molecule has 0 fully saturated rings. The lowest BCUT2D eigenvalue weighted by molar-refractivity contribution is 0.169. The molecule has 0 bridgehead atoms. The van der Waals surface area contributed by atoms with Crippen molar-refractivity contribution in [3.05, 3.63) is 76.8 Å². The van der Waals surface area contributed by atoms with Gasteiger partial charge in [-0.3, -0.25) is 0 Å². The minimum absolute atomic E-state index is 0.465. The zero-order valence-electron chi connectivity index (χ0n) is 14.0. The molecule has 3 aromatic carbocycles. The van der Waals surface area contributed by atoms with Crippen molar-refractivity contribution in [3.8, 4) is 0 Å². The zero-order chi connectivity index (χ0) is 18.1. The highest BCUT2D eigenvalue weighted by Crippen LogP contribution is 2.33. The molecule has 1 heterocycles. The second-order valence-corrected chi connectivity index (χ2v) is 7.21. The van der Waals surface area contributed by atoms with Gasteiger partial charge in [-0.15, -0.1) is 0 Å². The fraction of sp³-hybridized carbons (Fsp3) is 0.143. The minimum atomic E-state index is -0.541. The molecule has 2 N–H and O–H groups in total. The van der Waals surface area contributed by atoms with Crippen LogP contribution in [0.5, 0.6) is 0 Å². The fourth-order valence-corrected chi connectivity index (χ4v) is 3.66. The van der Waals surface area contributed by atoms with E-state index in [4.69, 9.17) is 23.2 Å². The van der Waals surface area contributed by atoms with E-state index in [1.807, 2.05) is 66.7 Å². The molecule has 132 valence electrons. The number of hydrogen-bond donors (Lipinski definition) is 2. The van der Waals surface area contributed by atoms with E-state index in [2.05, 4.69) is 9.88 Å². The summed E-state index contributed by atoms with van der Waals surface area (Å²) in [6, 6.07) is 21.5. The molecule has 4 rings (SSSR count). The van der Waals surface area contributed by atoms with Crippen molar-refractivity contribution in [2.45, 2.75) is 12.6 Å². The predicted molar refractivity (Wildman–Crippen MR) is 110 cm³/mol. The van der Waals surface area contributed by atoms with Gasteiger partial charge in [0.2, 0.25) is 0 Å². The molecule has 0 radical (unpaired) electrons. The highest BCUT2D eigenvalue weighted by atomic mass is 35.5. The smallest absolute Gasteiger partial charge is 0.0891 e. The lowest BCUT2D eigenvalue weighted by atomic mass is 10.1. The van der Waals surface area contributed by atoms with Crippen LogP contribution in [0.3, 0.4) is 0 Å². The van der Waals surface area contributed by atoms with Crippen LogP contribution in [0.25, 0.3) is 21.8 Å². The van der Waals surface area contributed by atoms with Crippen LogP contribution in [0, 0.1) is 0 Å². The Morgan fingerprint density at radius 1 is 0.846 bits per heavy atom. The largest absolute Gasteiger partial charge is 0.389 e. The van der Waals surface area contributed by atoms with E-state index in [9.17, 15) is 5.11 Å². The summed E-state index contributed by atoms with van der Waals surface area (Å²) in [4.78, 5) is 0. The van der Waals surface area contributed by atoms with Crippen LogP contribution in [-0.2, 0) is 6.54 Å². The summed E-state index contributed by atoms with van der Waals surface area (Å²) in [5, 5.41) is 17.3. The van der Waals surface area contributed by atoms with Crippen molar-refractivity contribution in [1.82, 2.24) is 4.57 Å². The van der Waals surface area contributed by atoms with Crippen LogP contribution in [0.4, 0.5) is 5.69 Å². The van der Waals surface area contributed by atoms with Crippen LogP contribution < -0.4 is 5.32 Å². The Labute approximate surface area is 161 Å². The monoisotopic (exact) mass is 384 g/mol. The van der Waals surface area contributed by atoms with Crippen molar-refractivity contribution < 1.29 is 5.11 Å². The maximum Gasteiger partial charge on any atom is 0.0891 e. The topological polar surface area (TPSA) is 37.2 Å². The molecule has 4 aromatic rings. The first-order valence-electron chi connectivity index (χ1n) is 8.46. The minimum Gasteiger partial charge on any atom is -0.389 e. The van der Waals surface area contributed by atoms with Crippen LogP contribution in [0.1, 0.15) is 0 Å². The first kappa shape index (κ1) is 17.2. The number of nitrogens with one attached hydrogen (secondary N) is 1. The molecule has 26 heavy (non-hydrogen) atoms. The highest BCUT2D eigenvalue weighted by molar-refractivity contribution is 6.33. The predicted octanol–water partition coefficient (Wildman–Crippen LogP) is 5.57. The van der Waals surface area contributed by atoms with Crippen molar-refractivity contribution in [3.63, 3.8) is 0 Å². The van der Waals surface area contributed by atoms with Gasteiger partial charge in [0.1, 0.15) is 0 Å². The van der Waals surface area contributed by atoms with Crippen LogP contribution in [-0.4, -0.2) is 22.3 Å². The number of halogens is 2. The lowest BCUT2D eigenvalue weighted by Crippen LogP contribution is -2.24. The molecular weight excluding hydrogens is 367 g/mol. The zero-order valence-corrected chi connectivity index (χ0v) is 15.5. The molecule has 5 heteroatoms. The average molecular weight is 385 g/mol. The fourth-order valence-electron chi connectivity index (χ4n) is 3.31. The lowest BCUT2D eigenvalue weighted by Gasteiger charge is -2.15. The van der Waals surface area contributed by atoms with Crippen LogP contribution >= 0.6 is 23.2 Å². The van der Waals surface area contributed by atoms with Gasteiger partial charge in [-0.1, -0.05) is 41.4 Å². The summed E-state index contributed by atoms with van der Waals surface area (Å²) < 4.78 is 2.12. The van der Waals surface area contributed by atoms with Crippen molar-refractivity contribution in [2.75, 3.05) is 11.9 Å². The van der Waals surface area contributed by atoms with E-state index in [1.165, 1.54) is 0 Å². The number of fused-ring (bicyclic) bond motifs is 3. The van der Waals surface area contributed by atoms with Crippen molar-refractivity contribution in [1.29, 1.82) is 0 Å². The van der Waals surface area contributed by atoms with Gasteiger partial charge in [-0.25, -0.2) is 0 Å². The summed E-state index contributed by atoms with van der Waals surface area (Å²) in [5.74, 6) is 0. The molecule has 0 amide bonds. The Morgan fingerprint density at radius 2 is 1.42 bits per heavy atom. The van der Waals surface area contributed by atoms with E-state index in [0.29, 0.717) is 23.1 Å². The normalized spacial score (nSPS) is 12.6. The number of aliphatic hydroxyl groups excluding tert-OH is 1. The number of nitrogens with zero attached hydrogens (tertiary/aromatic N) is 1. The molecular formula is C21H18Cl2N2O. The summed E-state index contributed by atoms with van der Waals surface area (Å²) in [5.41, 5.74) is 3.06. The summed E-state index contributed by atoms with van der Waals surface area (Å²) in [6.07, 6.45) is -0.541. The van der Waals surface area contributed by atoms with Gasteiger partial charge in [0.15, 0.2) is 0 Å². The quantitative estimate of drug-likeness (QED) is 0.471. The van der Waals surface area contributed by atoms with E-state index in [0.717, 1.165) is 27.5 Å². The van der Waals surface area contributed by atoms with Gasteiger partial charge in [0.25, 0.3) is 0 Å². The molecule has 0 saturated heterocycles. The molecule has 0 spiro atoms. The Morgan fingerprint density at radius 3 is 2.00 bits per heavy atom. The SMILES string of the molecule is O[C@@H](CNc1ccccc1)Cn1c2ccc(Cl)cc2c2cc(Cl)ccc21. The first-order chi connectivity index (χ1) is 12.6. The Balaban J connectivity index is 1.66. The maximum atomic E-state index is 10.6. The van der Waals surface area contributed by atoms with E-state index < -0.39 is 6.10 Å². The van der Waals surface area contributed by atoms with E-state index >= 15 is 0 Å². The van der Waals surface area contributed by atoms with Gasteiger partial charge in [0.05, 0.1) is 12.6 Å². The van der Waals surface area contributed by atoms with Gasteiger partial charge < -0.3 is 15.0 Å². The number of aliphatic hydroxyl groups is 1. The van der Waals surface area contributed by atoms with Crippen molar-refractivity contribution >= 4 is 50.7 Å². The van der Waals surface area contributed by atoms with E-state index in [1.54, 1.807) is 0 Å². The van der Waals surface area contributed by atoms with Gasteiger partial charge in [-0.05, 0) is 48.5 Å². The Hall–Kier alpha value is -2.20. The molecule has 0 aliphatic heterocycles. The molecule has 1 atom stereocenters. The Bertz CT molecular complexity index is 1000. The summed E-state index contributed by atoms with van der Waals surface area (Å²) in [6.45, 7) is 0.940. The van der Waals surface area contributed by atoms with Crippen molar-refractivity contribution in [2.24, 2.45) is 0 Å². The number of aromatic nitrogens is 1. The molecule has 3 nitrogen and oxygen atoms in total. The molecule has 0 aliphatic carbocycles. The van der Waals surface area contributed by atoms with Gasteiger partial charge >= 0.3 is 0 Å². The number of rotatable bonds is 5. The maximum absolute atomic E-state index is 10.6. The second kappa shape index (κ2) is 7.20. The third-order valence-electron chi connectivity index (χ3n) is 4.50. The third kappa shape index (κ3) is 3.38. The van der Waals surface area contributed by atoms with Gasteiger partial charge in [-0.2, -0.15) is 0 Å². The summed E-state index contributed by atoms with van der Waals surface area (Å²) in [7, 11) is 0. The molecule has 1 aromatic heterocycles. The summed E-state index contributed by atoms with van der Waals surface area (Å²) >= 11 is 12.4. The Kier molecular flexibility index (Phi) is 4.77. The first-order valence-corrected chi connectivity index (χ1v) is 9.21. The molecule has 0 saturated carbocycles. The number of hydrogen-bond acceptors (Lipinski definition) is 2. The highest BCUT2D eigenvalue weighted by Gasteiger charge is 2.14. The molecule has 0 unspecified atom stereocenters. The second-order valence-electron chi connectivity index (χ2n) is 6.33. The third-order valence-corrected chi connectivity index (χ3v) is 4.97. The number of anilines is 1. The molecule has 0 aliphatic rings. The number of para-hydroxylation sites is 1. The standard InChI is InChI=1S/C21H18Cl2N2O/c22-14-6-8-20-18(10-14)19-11-15(23)7-9-21(19)25(20)13-17(26)12-24-16-4-2-1-3-5-16/h1-11,17,24,26H,12-13H2/t17-/m0/s1. The van der Waals surface area contributed by atoms with Crippen LogP contribution in [0.15, 0.2) is 66.7 Å². The van der Waals surface area contributed by atoms with E-state index in [-0.39, 0.29) is 0 Å². The average Bonchev–Trinajstić information content (AvgIpc) is 2.93. The van der Waals surface area contributed by atoms with Gasteiger partial charge in [0, 0.05) is 44.1 Å².